The van der Waals surface area contributed by atoms with E-state index in [1.165, 1.54) is 38.0 Å². The maximum absolute atomic E-state index is 12.6. The summed E-state index contributed by atoms with van der Waals surface area (Å²) in [5, 5.41) is 6.62. The van der Waals surface area contributed by atoms with Crippen LogP contribution in [0.25, 0.3) is 0 Å². The van der Waals surface area contributed by atoms with Crippen molar-refractivity contribution in [2.45, 2.75) is 26.2 Å². The normalized spacial score (nSPS) is 18.6. The molecule has 3 rings (SSSR count). The van der Waals surface area contributed by atoms with Gasteiger partial charge in [-0.15, -0.1) is 0 Å². The number of nitrogens with one attached hydrogen (secondary N) is 2. The zero-order chi connectivity index (χ0) is 20.3. The van der Waals surface area contributed by atoms with Gasteiger partial charge in [-0.2, -0.15) is 0 Å². The standard InChI is InChI=1S/C22H36N6O/c1-2-23-22(24-11-14-26-12-7-4-8-13-26)25-19-21(29)28-17-15-27(16-18-28)20-9-5-3-6-10-20/h3,5-6,9-10H,2,4,7-8,11-19H2,1H3,(H2,23,24,25). The lowest BCUT2D eigenvalue weighted by atomic mass is 10.1. The smallest absolute Gasteiger partial charge is 0.244 e. The molecule has 0 atom stereocenters. The molecule has 0 aliphatic carbocycles. The first kappa shape index (κ1) is 21.4. The Morgan fingerprint density at radius 2 is 1.69 bits per heavy atom. The summed E-state index contributed by atoms with van der Waals surface area (Å²) < 4.78 is 0. The quantitative estimate of drug-likeness (QED) is 0.535. The lowest BCUT2D eigenvalue weighted by molar-refractivity contribution is -0.129. The third-order valence-electron chi connectivity index (χ3n) is 5.64. The largest absolute Gasteiger partial charge is 0.368 e. The first-order chi connectivity index (χ1) is 14.3. The fourth-order valence-corrected chi connectivity index (χ4v) is 3.96. The Labute approximate surface area is 175 Å². The number of benzene rings is 1. The van der Waals surface area contributed by atoms with Crippen LogP contribution in [0, 0.1) is 0 Å². The van der Waals surface area contributed by atoms with Crippen LogP contribution in [-0.2, 0) is 4.79 Å². The van der Waals surface area contributed by atoms with Crippen molar-refractivity contribution >= 4 is 17.6 Å². The number of hydrogen-bond acceptors (Lipinski definition) is 4. The minimum absolute atomic E-state index is 0.103. The molecule has 1 aromatic rings. The van der Waals surface area contributed by atoms with Crippen molar-refractivity contribution in [1.82, 2.24) is 20.4 Å². The second kappa shape index (κ2) is 11.7. The molecule has 2 fully saturated rings. The van der Waals surface area contributed by atoms with Gasteiger partial charge < -0.3 is 25.3 Å². The van der Waals surface area contributed by atoms with Crippen molar-refractivity contribution in [1.29, 1.82) is 0 Å². The molecule has 2 heterocycles. The minimum Gasteiger partial charge on any atom is -0.368 e. The molecule has 0 aromatic heterocycles. The van der Waals surface area contributed by atoms with Gasteiger partial charge in [0, 0.05) is 51.5 Å². The summed E-state index contributed by atoms with van der Waals surface area (Å²) in [6.07, 6.45) is 3.97. The molecule has 2 saturated heterocycles. The van der Waals surface area contributed by atoms with E-state index in [1.54, 1.807) is 0 Å². The maximum Gasteiger partial charge on any atom is 0.244 e. The number of rotatable bonds is 7. The Kier molecular flexibility index (Phi) is 8.61. The predicted molar refractivity (Wildman–Crippen MR) is 120 cm³/mol. The lowest BCUT2D eigenvalue weighted by Crippen LogP contribution is -2.49. The second-order valence-corrected chi connectivity index (χ2v) is 7.73. The summed E-state index contributed by atoms with van der Waals surface area (Å²) in [7, 11) is 0. The molecular weight excluding hydrogens is 364 g/mol. The molecule has 0 saturated carbocycles. The summed E-state index contributed by atoms with van der Waals surface area (Å²) in [4.78, 5) is 23.9. The molecule has 0 spiro atoms. The molecule has 2 aliphatic heterocycles. The summed E-state index contributed by atoms with van der Waals surface area (Å²) in [5.41, 5.74) is 1.23. The van der Waals surface area contributed by atoms with Gasteiger partial charge in [0.25, 0.3) is 0 Å². The molecular formula is C22H36N6O. The zero-order valence-electron chi connectivity index (χ0n) is 17.8. The van der Waals surface area contributed by atoms with Crippen LogP contribution >= 0.6 is 0 Å². The van der Waals surface area contributed by atoms with Crippen LogP contribution in [0.2, 0.25) is 0 Å². The van der Waals surface area contributed by atoms with Gasteiger partial charge in [0.2, 0.25) is 5.91 Å². The SMILES string of the molecule is CCNC(=NCC(=O)N1CCN(c2ccccc2)CC1)NCCN1CCCCC1. The van der Waals surface area contributed by atoms with Gasteiger partial charge in [-0.25, -0.2) is 4.99 Å². The molecule has 0 radical (unpaired) electrons. The molecule has 2 N–H and O–H groups in total. The van der Waals surface area contributed by atoms with Crippen molar-refractivity contribution in [3.05, 3.63) is 30.3 Å². The van der Waals surface area contributed by atoms with E-state index in [0.29, 0.717) is 0 Å². The van der Waals surface area contributed by atoms with Crippen molar-refractivity contribution in [3.63, 3.8) is 0 Å². The Bertz CT molecular complexity index is 636. The number of guanidine groups is 1. The monoisotopic (exact) mass is 400 g/mol. The number of piperidine rings is 1. The number of anilines is 1. The molecule has 0 unspecified atom stereocenters. The highest BCUT2D eigenvalue weighted by atomic mass is 16.2. The number of likely N-dealkylation sites (tertiary alicyclic amines) is 1. The highest BCUT2D eigenvalue weighted by Gasteiger charge is 2.21. The number of hydrogen-bond donors (Lipinski definition) is 2. The van der Waals surface area contributed by atoms with Crippen LogP contribution in [0.3, 0.4) is 0 Å². The Morgan fingerprint density at radius 3 is 2.38 bits per heavy atom. The number of aliphatic imine (C=N–C) groups is 1. The Hall–Kier alpha value is -2.28. The number of amides is 1. The van der Waals surface area contributed by atoms with Gasteiger partial charge in [0.05, 0.1) is 0 Å². The van der Waals surface area contributed by atoms with Gasteiger partial charge in [-0.05, 0) is 45.0 Å². The minimum atomic E-state index is 0.103. The van der Waals surface area contributed by atoms with E-state index in [4.69, 9.17) is 0 Å². The van der Waals surface area contributed by atoms with E-state index >= 15 is 0 Å². The number of para-hydroxylation sites is 1. The number of nitrogens with zero attached hydrogens (tertiary/aromatic N) is 4. The van der Waals surface area contributed by atoms with E-state index in [2.05, 4.69) is 49.7 Å². The van der Waals surface area contributed by atoms with Crippen LogP contribution in [0.4, 0.5) is 5.69 Å². The molecule has 160 valence electrons. The van der Waals surface area contributed by atoms with Gasteiger partial charge in [0.15, 0.2) is 5.96 Å². The maximum atomic E-state index is 12.6. The van der Waals surface area contributed by atoms with E-state index in [1.807, 2.05) is 17.9 Å². The average molecular weight is 401 g/mol. The molecule has 7 heteroatoms. The fourth-order valence-electron chi connectivity index (χ4n) is 3.96. The predicted octanol–water partition coefficient (Wildman–Crippen LogP) is 1.38. The molecule has 1 amide bonds. The van der Waals surface area contributed by atoms with E-state index in [-0.39, 0.29) is 12.5 Å². The van der Waals surface area contributed by atoms with Crippen molar-refractivity contribution in [2.24, 2.45) is 4.99 Å². The Morgan fingerprint density at radius 1 is 0.966 bits per heavy atom. The number of carbonyl (C=O) groups excluding carboxylic acids is 1. The highest BCUT2D eigenvalue weighted by Crippen LogP contribution is 2.15. The molecule has 1 aromatic carbocycles. The summed E-state index contributed by atoms with van der Waals surface area (Å²) >= 11 is 0. The van der Waals surface area contributed by atoms with Crippen LogP contribution in [0.5, 0.6) is 0 Å². The summed E-state index contributed by atoms with van der Waals surface area (Å²) in [6, 6.07) is 10.4. The van der Waals surface area contributed by atoms with Gasteiger partial charge in [-0.3, -0.25) is 4.79 Å². The average Bonchev–Trinajstić information content (AvgIpc) is 2.78. The molecule has 29 heavy (non-hydrogen) atoms. The number of piperazine rings is 1. The molecule has 0 bridgehead atoms. The van der Waals surface area contributed by atoms with Crippen molar-refractivity contribution in [2.75, 3.05) is 70.3 Å². The highest BCUT2D eigenvalue weighted by molar-refractivity contribution is 5.85. The van der Waals surface area contributed by atoms with E-state index in [0.717, 1.165) is 51.8 Å². The Balaban J connectivity index is 1.41. The molecule has 2 aliphatic rings. The van der Waals surface area contributed by atoms with Crippen LogP contribution in [0.15, 0.2) is 35.3 Å². The summed E-state index contributed by atoms with van der Waals surface area (Å²) in [6.45, 7) is 10.6. The number of carbonyl (C=O) groups is 1. The summed E-state index contributed by atoms with van der Waals surface area (Å²) in [5.74, 6) is 0.840. The first-order valence-corrected chi connectivity index (χ1v) is 11.1. The van der Waals surface area contributed by atoms with Gasteiger partial charge in [-0.1, -0.05) is 24.6 Å². The fraction of sp³-hybridized carbons (Fsp3) is 0.636. The van der Waals surface area contributed by atoms with Crippen LogP contribution in [-0.4, -0.2) is 87.1 Å². The third-order valence-corrected chi connectivity index (χ3v) is 5.64. The van der Waals surface area contributed by atoms with Crippen molar-refractivity contribution < 1.29 is 4.79 Å². The lowest BCUT2D eigenvalue weighted by Gasteiger charge is -2.36. The van der Waals surface area contributed by atoms with Gasteiger partial charge >= 0.3 is 0 Å². The van der Waals surface area contributed by atoms with Gasteiger partial charge in [0.1, 0.15) is 6.54 Å². The zero-order valence-corrected chi connectivity index (χ0v) is 17.8. The van der Waals surface area contributed by atoms with Crippen LogP contribution < -0.4 is 15.5 Å². The van der Waals surface area contributed by atoms with Crippen LogP contribution in [0.1, 0.15) is 26.2 Å². The molecule has 7 nitrogen and oxygen atoms in total. The van der Waals surface area contributed by atoms with E-state index < -0.39 is 0 Å². The third kappa shape index (κ3) is 6.92. The van der Waals surface area contributed by atoms with E-state index in [9.17, 15) is 4.79 Å². The second-order valence-electron chi connectivity index (χ2n) is 7.73. The van der Waals surface area contributed by atoms with Crippen molar-refractivity contribution in [3.8, 4) is 0 Å². The topological polar surface area (TPSA) is 63.2 Å². The first-order valence-electron chi connectivity index (χ1n) is 11.1.